The zero-order chi connectivity index (χ0) is 27.4. The van der Waals surface area contributed by atoms with Crippen molar-refractivity contribution in [3.8, 4) is 0 Å². The lowest BCUT2D eigenvalue weighted by Crippen LogP contribution is -2.06. The van der Waals surface area contributed by atoms with Crippen LogP contribution in [0.25, 0.3) is 0 Å². The molecule has 0 radical (unpaired) electrons. The molecular weight excluding hydrogens is 511 g/mol. The molecule has 0 aliphatic heterocycles. The number of ether oxygens (including phenoxy) is 5. The Bertz CT molecular complexity index is 402. The van der Waals surface area contributed by atoms with Gasteiger partial charge in [-0.25, -0.2) is 0 Å². The first kappa shape index (κ1) is 37.4. The van der Waals surface area contributed by atoms with Crippen LogP contribution < -0.4 is 0 Å². The predicted molar refractivity (Wildman–Crippen MR) is 158 cm³/mol. The highest BCUT2D eigenvalue weighted by molar-refractivity contribution is 6.20. The molecule has 0 aromatic rings. The summed E-state index contributed by atoms with van der Waals surface area (Å²) in [5.74, 6) is 1.38. The van der Waals surface area contributed by atoms with Crippen LogP contribution in [-0.2, 0) is 23.7 Å². The van der Waals surface area contributed by atoms with Crippen LogP contribution in [0.2, 0.25) is 0 Å². The highest BCUT2D eigenvalue weighted by Crippen LogP contribution is 2.16. The normalized spacial score (nSPS) is 15.1. The van der Waals surface area contributed by atoms with Crippen LogP contribution in [-0.4, -0.2) is 64.0 Å². The van der Waals surface area contributed by atoms with Gasteiger partial charge in [0.2, 0.25) is 0 Å². The largest absolute Gasteiger partial charge is 0.381 e. The number of hydrogen-bond acceptors (Lipinski definition) is 5. The minimum Gasteiger partial charge on any atom is -0.381 e. The van der Waals surface area contributed by atoms with Crippen LogP contribution >= 0.6 is 23.2 Å². The molecule has 5 nitrogen and oxygen atoms in total. The molecular formula is C30H60Cl2O5. The molecule has 0 spiro atoms. The van der Waals surface area contributed by atoms with Gasteiger partial charge in [-0.3, -0.25) is 0 Å². The Hall–Kier alpha value is 0.380. The molecule has 4 atom stereocenters. The molecule has 0 saturated carbocycles. The Kier molecular flexibility index (Phi) is 29.7. The summed E-state index contributed by atoms with van der Waals surface area (Å²) in [5.41, 5.74) is 0. The SMILES string of the molecule is CC(Cl)CC(C)CCCOCCCCCCOCOCOCCCCCCOCCCC(C)CC(C)Cl. The topological polar surface area (TPSA) is 46.2 Å². The summed E-state index contributed by atoms with van der Waals surface area (Å²) in [6.45, 7) is 14.3. The molecule has 0 saturated heterocycles. The fourth-order valence-electron chi connectivity index (χ4n) is 4.41. The van der Waals surface area contributed by atoms with Crippen LogP contribution in [0.5, 0.6) is 0 Å². The Morgan fingerprint density at radius 3 is 1.08 bits per heavy atom. The van der Waals surface area contributed by atoms with Crippen molar-refractivity contribution < 1.29 is 23.7 Å². The minimum absolute atomic E-state index is 0.275. The smallest absolute Gasteiger partial charge is 0.149 e. The van der Waals surface area contributed by atoms with E-state index in [0.29, 0.717) is 25.4 Å². The van der Waals surface area contributed by atoms with Crippen molar-refractivity contribution >= 4 is 23.2 Å². The Morgan fingerprint density at radius 2 is 0.730 bits per heavy atom. The molecule has 0 aromatic carbocycles. The zero-order valence-corrected chi connectivity index (χ0v) is 26.2. The zero-order valence-electron chi connectivity index (χ0n) is 24.7. The minimum atomic E-state index is 0.275. The second-order valence-corrected chi connectivity index (χ2v) is 12.3. The fourth-order valence-corrected chi connectivity index (χ4v) is 5.02. The van der Waals surface area contributed by atoms with Gasteiger partial charge in [0.1, 0.15) is 13.6 Å². The van der Waals surface area contributed by atoms with E-state index >= 15 is 0 Å². The third-order valence-electron chi connectivity index (χ3n) is 6.41. The van der Waals surface area contributed by atoms with Crippen LogP contribution in [0.15, 0.2) is 0 Å². The molecule has 4 unspecified atom stereocenters. The number of halogens is 2. The van der Waals surface area contributed by atoms with E-state index in [-0.39, 0.29) is 10.8 Å². The molecule has 0 aromatic heterocycles. The van der Waals surface area contributed by atoms with Gasteiger partial charge in [-0.15, -0.1) is 23.2 Å². The van der Waals surface area contributed by atoms with Gasteiger partial charge < -0.3 is 23.7 Å². The molecule has 0 heterocycles. The second-order valence-electron chi connectivity index (χ2n) is 10.8. The highest BCUT2D eigenvalue weighted by atomic mass is 35.5. The van der Waals surface area contributed by atoms with Crippen molar-refractivity contribution in [1.29, 1.82) is 0 Å². The Morgan fingerprint density at radius 1 is 0.405 bits per heavy atom. The number of hydrogen-bond donors (Lipinski definition) is 0. The molecule has 0 aliphatic carbocycles. The molecule has 224 valence electrons. The maximum atomic E-state index is 6.03. The van der Waals surface area contributed by atoms with Crippen LogP contribution in [0.4, 0.5) is 0 Å². The van der Waals surface area contributed by atoms with E-state index in [0.717, 1.165) is 91.0 Å². The summed E-state index contributed by atoms with van der Waals surface area (Å²) >= 11 is 12.1. The van der Waals surface area contributed by atoms with Gasteiger partial charge in [0.05, 0.1) is 0 Å². The average molecular weight is 572 g/mol. The Balaban J connectivity index is 3.11. The molecule has 7 heteroatoms. The lowest BCUT2D eigenvalue weighted by molar-refractivity contribution is -0.131. The van der Waals surface area contributed by atoms with Gasteiger partial charge in [0, 0.05) is 50.4 Å². The summed E-state index contributed by atoms with van der Waals surface area (Å²) in [4.78, 5) is 0. The van der Waals surface area contributed by atoms with E-state index in [1.807, 2.05) is 0 Å². The van der Waals surface area contributed by atoms with Gasteiger partial charge in [0.15, 0.2) is 0 Å². The highest BCUT2D eigenvalue weighted by Gasteiger charge is 2.06. The average Bonchev–Trinajstić information content (AvgIpc) is 2.83. The van der Waals surface area contributed by atoms with E-state index in [9.17, 15) is 0 Å². The molecule has 37 heavy (non-hydrogen) atoms. The van der Waals surface area contributed by atoms with Gasteiger partial charge >= 0.3 is 0 Å². The van der Waals surface area contributed by atoms with Gasteiger partial charge in [-0.2, -0.15) is 0 Å². The first-order valence-electron chi connectivity index (χ1n) is 15.1. The summed E-state index contributed by atoms with van der Waals surface area (Å²) in [7, 11) is 0. The van der Waals surface area contributed by atoms with Crippen molar-refractivity contribution in [1.82, 2.24) is 0 Å². The molecule has 0 N–H and O–H groups in total. The van der Waals surface area contributed by atoms with E-state index in [4.69, 9.17) is 46.9 Å². The first-order valence-corrected chi connectivity index (χ1v) is 16.0. The molecule has 0 aliphatic rings. The quantitative estimate of drug-likeness (QED) is 0.0489. The van der Waals surface area contributed by atoms with Gasteiger partial charge in [0.25, 0.3) is 0 Å². The lowest BCUT2D eigenvalue weighted by atomic mass is 10.0. The summed E-state index contributed by atoms with van der Waals surface area (Å²) in [5, 5.41) is 0.550. The number of unbranched alkanes of at least 4 members (excludes halogenated alkanes) is 6. The standard InChI is InChI=1S/C30H60Cl2O5/c1-27(23-29(3)31)15-13-21-33-17-9-5-7-11-19-35-25-37-26-36-20-12-8-6-10-18-34-22-14-16-28(2)24-30(4)32/h27-30H,5-26H2,1-4H3. The molecule has 0 rings (SSSR count). The Labute approximate surface area is 239 Å². The van der Waals surface area contributed by atoms with Crippen molar-refractivity contribution in [3.63, 3.8) is 0 Å². The summed E-state index contributed by atoms with van der Waals surface area (Å²) in [6.07, 6.45) is 15.9. The summed E-state index contributed by atoms with van der Waals surface area (Å²) < 4.78 is 27.9. The van der Waals surface area contributed by atoms with E-state index in [1.165, 1.54) is 38.5 Å². The first-order chi connectivity index (χ1) is 17.9. The van der Waals surface area contributed by atoms with Crippen molar-refractivity contribution in [2.75, 3.05) is 53.2 Å². The van der Waals surface area contributed by atoms with E-state index in [2.05, 4.69) is 27.7 Å². The summed E-state index contributed by atoms with van der Waals surface area (Å²) in [6, 6.07) is 0. The van der Waals surface area contributed by atoms with Gasteiger partial charge in [-0.1, -0.05) is 39.5 Å². The lowest BCUT2D eigenvalue weighted by Gasteiger charge is -2.12. The van der Waals surface area contributed by atoms with Crippen LogP contribution in [0.3, 0.4) is 0 Å². The third kappa shape index (κ3) is 32.5. The number of alkyl halides is 2. The molecule has 0 bridgehead atoms. The van der Waals surface area contributed by atoms with E-state index < -0.39 is 0 Å². The van der Waals surface area contributed by atoms with Crippen LogP contribution in [0.1, 0.15) is 118 Å². The van der Waals surface area contributed by atoms with Crippen molar-refractivity contribution in [2.24, 2.45) is 11.8 Å². The molecule has 0 amide bonds. The monoisotopic (exact) mass is 570 g/mol. The predicted octanol–water partition coefficient (Wildman–Crippen LogP) is 8.97. The second kappa shape index (κ2) is 29.4. The van der Waals surface area contributed by atoms with Crippen molar-refractivity contribution in [2.45, 2.75) is 128 Å². The maximum Gasteiger partial charge on any atom is 0.149 e. The molecule has 0 fully saturated rings. The maximum absolute atomic E-state index is 6.03. The van der Waals surface area contributed by atoms with E-state index in [1.54, 1.807) is 0 Å². The van der Waals surface area contributed by atoms with Crippen molar-refractivity contribution in [3.05, 3.63) is 0 Å². The fraction of sp³-hybridized carbons (Fsp3) is 1.00. The third-order valence-corrected chi connectivity index (χ3v) is 6.77. The van der Waals surface area contributed by atoms with Crippen LogP contribution in [0, 0.1) is 11.8 Å². The number of rotatable bonds is 30. The van der Waals surface area contributed by atoms with Gasteiger partial charge in [-0.05, 0) is 89.9 Å².